The Bertz CT molecular complexity index is 1130. The highest BCUT2D eigenvalue weighted by Gasteiger charge is 2.57. The summed E-state index contributed by atoms with van der Waals surface area (Å²) < 4.78 is 74.4. The number of nitrogens with zero attached hydrogens (tertiary/aromatic N) is 3. The molecule has 0 unspecified atom stereocenters. The van der Waals surface area contributed by atoms with Crippen LogP contribution in [-0.4, -0.2) is 44.6 Å². The Morgan fingerprint density at radius 1 is 1.24 bits per heavy atom. The van der Waals surface area contributed by atoms with Crippen LogP contribution in [0.3, 0.4) is 0 Å². The monoisotopic (exact) mass is 494 g/mol. The first-order valence-corrected chi connectivity index (χ1v) is 9.54. The summed E-state index contributed by atoms with van der Waals surface area (Å²) in [5.41, 5.74) is 1.04. The van der Waals surface area contributed by atoms with Gasteiger partial charge in [-0.3, -0.25) is 9.48 Å². The number of rotatable bonds is 8. The van der Waals surface area contributed by atoms with Gasteiger partial charge in [-0.25, -0.2) is 0 Å². The molecule has 0 aliphatic carbocycles. The van der Waals surface area contributed by atoms with Gasteiger partial charge in [0.25, 0.3) is 5.91 Å². The number of aliphatic hydroxyl groups is 1. The lowest BCUT2D eigenvalue weighted by atomic mass is 10.1. The number of aryl methyl sites for hydroxylation is 1. The number of nitrogens with one attached hydrogen (secondary N) is 1. The Balaban J connectivity index is 1.73. The van der Waals surface area contributed by atoms with Gasteiger partial charge in [0, 0.05) is 23.7 Å². The molecule has 2 N–H and O–H groups in total. The number of ether oxygens (including phenoxy) is 1. The first-order valence-electron chi connectivity index (χ1n) is 9.16. The number of benzene rings is 1. The summed E-state index contributed by atoms with van der Waals surface area (Å²) in [4.78, 5) is 12.1. The van der Waals surface area contributed by atoms with Crippen molar-refractivity contribution in [2.24, 2.45) is 7.05 Å². The van der Waals surface area contributed by atoms with Gasteiger partial charge in [0.1, 0.15) is 24.6 Å². The molecule has 2 heterocycles. The van der Waals surface area contributed by atoms with Crippen molar-refractivity contribution >= 4 is 17.5 Å². The van der Waals surface area contributed by atoms with E-state index in [-0.39, 0.29) is 23.9 Å². The molecule has 8 nitrogen and oxygen atoms in total. The van der Waals surface area contributed by atoms with Gasteiger partial charge in [0.2, 0.25) is 5.88 Å². The Kier molecular flexibility index (Phi) is 6.93. The predicted molar refractivity (Wildman–Crippen MR) is 104 cm³/mol. The SMILES string of the molecule is Cn1nc(OCc2c(-c3ccc(Cl)cc3)noc2CO)cc1C(=O)NCC(F)(F)C(F)(F)F. The highest BCUT2D eigenvalue weighted by molar-refractivity contribution is 6.30. The molecular formula is C19H16ClF5N4O4. The third kappa shape index (κ3) is 5.42. The molecule has 0 aliphatic heterocycles. The van der Waals surface area contributed by atoms with E-state index in [2.05, 4.69) is 10.3 Å². The van der Waals surface area contributed by atoms with E-state index in [4.69, 9.17) is 20.9 Å². The second-order valence-corrected chi connectivity index (χ2v) is 7.20. The minimum Gasteiger partial charge on any atom is -0.471 e. The van der Waals surface area contributed by atoms with Crippen LogP contribution < -0.4 is 10.1 Å². The second kappa shape index (κ2) is 9.35. The molecule has 0 saturated heterocycles. The lowest BCUT2D eigenvalue weighted by molar-refractivity contribution is -0.278. The topological polar surface area (TPSA) is 102 Å². The predicted octanol–water partition coefficient (Wildman–Crippen LogP) is 3.73. The summed E-state index contributed by atoms with van der Waals surface area (Å²) in [6, 6.07) is 7.66. The van der Waals surface area contributed by atoms with Gasteiger partial charge in [-0.2, -0.15) is 22.0 Å². The maximum absolute atomic E-state index is 13.0. The van der Waals surface area contributed by atoms with Crippen LogP contribution in [0.4, 0.5) is 22.0 Å². The summed E-state index contributed by atoms with van der Waals surface area (Å²) in [6.07, 6.45) is -5.80. The minimum absolute atomic E-state index is 0.114. The number of halogens is 6. The maximum atomic E-state index is 13.0. The van der Waals surface area contributed by atoms with Crippen LogP contribution >= 0.6 is 11.6 Å². The first-order chi connectivity index (χ1) is 15.4. The van der Waals surface area contributed by atoms with Crippen molar-refractivity contribution < 1.29 is 41.1 Å². The van der Waals surface area contributed by atoms with Crippen LogP contribution in [0.1, 0.15) is 21.8 Å². The Labute approximate surface area is 187 Å². The number of hydrogen-bond acceptors (Lipinski definition) is 6. The molecule has 0 fully saturated rings. The van der Waals surface area contributed by atoms with Crippen molar-refractivity contribution in [2.75, 3.05) is 6.54 Å². The van der Waals surface area contributed by atoms with Crippen molar-refractivity contribution in [3.05, 3.63) is 52.4 Å². The highest BCUT2D eigenvalue weighted by atomic mass is 35.5. The smallest absolute Gasteiger partial charge is 0.455 e. The zero-order chi connectivity index (χ0) is 24.4. The number of aliphatic hydroxyl groups excluding tert-OH is 1. The lowest BCUT2D eigenvalue weighted by Crippen LogP contribution is -2.47. The van der Waals surface area contributed by atoms with E-state index in [1.54, 1.807) is 24.3 Å². The molecular weight excluding hydrogens is 479 g/mol. The zero-order valence-electron chi connectivity index (χ0n) is 16.8. The molecule has 0 saturated carbocycles. The van der Waals surface area contributed by atoms with Gasteiger partial charge >= 0.3 is 12.1 Å². The van der Waals surface area contributed by atoms with Gasteiger partial charge in [0.15, 0.2) is 5.76 Å². The van der Waals surface area contributed by atoms with Crippen LogP contribution in [0.5, 0.6) is 5.88 Å². The van der Waals surface area contributed by atoms with Crippen LogP contribution in [0.2, 0.25) is 5.02 Å². The molecule has 1 amide bonds. The molecule has 14 heteroatoms. The maximum Gasteiger partial charge on any atom is 0.455 e. The van der Waals surface area contributed by atoms with Crippen LogP contribution in [0.15, 0.2) is 34.9 Å². The molecule has 0 spiro atoms. The molecule has 178 valence electrons. The van der Waals surface area contributed by atoms with Gasteiger partial charge in [-0.1, -0.05) is 28.9 Å². The van der Waals surface area contributed by atoms with Crippen molar-refractivity contribution in [3.63, 3.8) is 0 Å². The number of carbonyl (C=O) groups excluding carboxylic acids is 1. The number of alkyl halides is 5. The van der Waals surface area contributed by atoms with Crippen LogP contribution in [0.25, 0.3) is 11.3 Å². The Hall–Kier alpha value is -3.19. The lowest BCUT2D eigenvalue weighted by Gasteiger charge is -2.19. The summed E-state index contributed by atoms with van der Waals surface area (Å²) in [5, 5.41) is 19.3. The molecule has 1 aromatic carbocycles. The molecule has 3 aromatic rings. The number of hydrogen-bond donors (Lipinski definition) is 2. The summed E-state index contributed by atoms with van der Waals surface area (Å²) in [6.45, 7) is -2.62. The minimum atomic E-state index is -5.80. The van der Waals surface area contributed by atoms with E-state index in [0.29, 0.717) is 21.8 Å². The normalized spacial score (nSPS) is 12.1. The van der Waals surface area contributed by atoms with E-state index in [1.165, 1.54) is 12.4 Å². The molecule has 3 rings (SSSR count). The first kappa shape index (κ1) is 24.5. The van der Waals surface area contributed by atoms with E-state index in [9.17, 15) is 31.9 Å². The fourth-order valence-electron chi connectivity index (χ4n) is 2.70. The van der Waals surface area contributed by atoms with Gasteiger partial charge in [-0.15, -0.1) is 5.10 Å². The van der Waals surface area contributed by atoms with Crippen LogP contribution in [0, 0.1) is 0 Å². The zero-order valence-corrected chi connectivity index (χ0v) is 17.5. The summed E-state index contributed by atoms with van der Waals surface area (Å²) >= 11 is 5.88. The molecule has 0 aliphatic rings. The van der Waals surface area contributed by atoms with Gasteiger partial charge < -0.3 is 19.7 Å². The molecule has 2 aromatic heterocycles. The highest BCUT2D eigenvalue weighted by Crippen LogP contribution is 2.34. The number of carbonyl (C=O) groups is 1. The van der Waals surface area contributed by atoms with Crippen LogP contribution in [-0.2, 0) is 20.3 Å². The summed E-state index contributed by atoms with van der Waals surface area (Å²) in [7, 11) is 1.28. The largest absolute Gasteiger partial charge is 0.471 e. The Morgan fingerprint density at radius 3 is 2.52 bits per heavy atom. The molecule has 0 bridgehead atoms. The molecule has 33 heavy (non-hydrogen) atoms. The molecule has 0 atom stereocenters. The van der Waals surface area contributed by atoms with Crippen molar-refractivity contribution in [3.8, 4) is 17.1 Å². The molecule has 0 radical (unpaired) electrons. The Morgan fingerprint density at radius 2 is 1.91 bits per heavy atom. The number of amides is 1. The standard InChI is InChI=1S/C19H16ClF5N4O4/c1-29-13(17(31)26-9-18(21,22)19(23,24)25)6-15(27-29)32-8-12-14(7-30)33-28-16(12)10-2-4-11(20)5-3-10/h2-6,30H,7-9H2,1H3,(H,26,31). The van der Waals surface area contributed by atoms with E-state index in [1.807, 2.05) is 0 Å². The van der Waals surface area contributed by atoms with E-state index >= 15 is 0 Å². The van der Waals surface area contributed by atoms with Crippen molar-refractivity contribution in [2.45, 2.75) is 25.3 Å². The number of aromatic nitrogens is 3. The third-order valence-corrected chi connectivity index (χ3v) is 4.72. The third-order valence-electron chi connectivity index (χ3n) is 4.47. The summed E-state index contributed by atoms with van der Waals surface area (Å²) in [5.74, 6) is -6.31. The van der Waals surface area contributed by atoms with Crippen molar-refractivity contribution in [1.82, 2.24) is 20.3 Å². The fourth-order valence-corrected chi connectivity index (χ4v) is 2.83. The van der Waals surface area contributed by atoms with Crippen molar-refractivity contribution in [1.29, 1.82) is 0 Å². The quantitative estimate of drug-likeness (QED) is 0.463. The van der Waals surface area contributed by atoms with Gasteiger partial charge in [-0.05, 0) is 12.1 Å². The fraction of sp³-hybridized carbons (Fsp3) is 0.316. The second-order valence-electron chi connectivity index (χ2n) is 6.76. The van der Waals surface area contributed by atoms with E-state index in [0.717, 1.165) is 10.7 Å². The van der Waals surface area contributed by atoms with E-state index < -0.39 is 31.2 Å². The average molecular weight is 495 g/mol. The average Bonchev–Trinajstić information content (AvgIpc) is 3.33. The van der Waals surface area contributed by atoms with Gasteiger partial charge in [0.05, 0.1) is 12.1 Å².